The van der Waals surface area contributed by atoms with Gasteiger partial charge < -0.3 is 19.3 Å². The number of likely N-dealkylation sites (N-methyl/N-ethyl adjacent to an activating group) is 1. The monoisotopic (exact) mass is 577 g/mol. The summed E-state index contributed by atoms with van der Waals surface area (Å²) in [6.07, 6.45) is 7.03. The van der Waals surface area contributed by atoms with Gasteiger partial charge in [-0.05, 0) is 68.8 Å². The van der Waals surface area contributed by atoms with Crippen molar-refractivity contribution in [2.75, 3.05) is 38.2 Å². The number of nitrogens with one attached hydrogen (secondary N) is 1. The fourth-order valence-corrected chi connectivity index (χ4v) is 5.01. The Morgan fingerprint density at radius 3 is 2.24 bits per heavy atom. The highest BCUT2D eigenvalue weighted by molar-refractivity contribution is 6.06. The zero-order valence-electron chi connectivity index (χ0n) is 25.4. The Hall–Kier alpha value is -3.71. The van der Waals surface area contributed by atoms with Crippen molar-refractivity contribution in [3.05, 3.63) is 95.3 Å². The number of nitrogens with zero attached hydrogens (tertiary/aromatic N) is 1. The van der Waals surface area contributed by atoms with Crippen LogP contribution < -0.4 is 10.1 Å². The lowest BCUT2D eigenvalue weighted by atomic mass is 10.1. The van der Waals surface area contributed by atoms with E-state index in [1.165, 1.54) is 31.7 Å². The Kier molecular flexibility index (Phi) is 13.5. The summed E-state index contributed by atoms with van der Waals surface area (Å²) in [5.41, 5.74) is 2.38. The third kappa shape index (κ3) is 10.3. The second-order valence-corrected chi connectivity index (χ2v) is 10.8. The van der Waals surface area contributed by atoms with E-state index in [1.54, 1.807) is 42.5 Å². The predicted molar refractivity (Wildman–Crippen MR) is 166 cm³/mol. The fraction of sp³-hybridized carbons (Fsp3) is 0.429. The van der Waals surface area contributed by atoms with Crippen molar-refractivity contribution >= 4 is 17.6 Å². The van der Waals surface area contributed by atoms with E-state index in [0.717, 1.165) is 31.5 Å². The van der Waals surface area contributed by atoms with E-state index in [1.807, 2.05) is 24.3 Å². The summed E-state index contributed by atoms with van der Waals surface area (Å²) in [6.45, 7) is 10.2. The van der Waals surface area contributed by atoms with Crippen LogP contribution in [0.2, 0.25) is 0 Å². The van der Waals surface area contributed by atoms with Gasteiger partial charge in [-0.15, -0.1) is 0 Å². The number of quaternary nitrogens is 1. The van der Waals surface area contributed by atoms with Gasteiger partial charge in [-0.1, -0.05) is 63.3 Å². The Labute approximate surface area is 250 Å². The molecule has 1 N–H and O–H groups in total. The van der Waals surface area contributed by atoms with Crippen LogP contribution in [0.15, 0.2) is 72.8 Å². The molecule has 0 unspecified atom stereocenters. The summed E-state index contributed by atoms with van der Waals surface area (Å²) < 4.78 is 25.9. The number of hydrogen-bond donors (Lipinski definition) is 1. The molecular formula is C35H46FN2O4+. The lowest BCUT2D eigenvalue weighted by molar-refractivity contribution is -0.937. The lowest BCUT2D eigenvalue weighted by Crippen LogP contribution is -2.49. The van der Waals surface area contributed by atoms with E-state index in [9.17, 15) is 14.0 Å². The molecule has 0 bridgehead atoms. The zero-order chi connectivity index (χ0) is 30.2. The highest BCUT2D eigenvalue weighted by atomic mass is 19.1. The fourth-order valence-electron chi connectivity index (χ4n) is 5.01. The van der Waals surface area contributed by atoms with Crippen LogP contribution in [0.25, 0.3) is 0 Å². The number of benzene rings is 3. The van der Waals surface area contributed by atoms with Gasteiger partial charge in [0.05, 0.1) is 30.8 Å². The van der Waals surface area contributed by atoms with Crippen LogP contribution in [0.4, 0.5) is 10.1 Å². The number of carbonyl (C=O) groups excluding carboxylic acids is 2. The SMILES string of the molecule is CCCCCCCCOc1ccccc1C(=O)Nc1ccc(C(=O)OCC[N+](CC)(CC)Cc2cccc(F)c2)cc1. The number of carbonyl (C=O) groups is 2. The largest absolute Gasteiger partial charge is 0.493 e. The minimum Gasteiger partial charge on any atom is -0.493 e. The first kappa shape index (κ1) is 32.8. The molecule has 0 aliphatic carbocycles. The number of hydrogen-bond acceptors (Lipinski definition) is 4. The molecule has 3 aromatic carbocycles. The zero-order valence-corrected chi connectivity index (χ0v) is 25.4. The minimum absolute atomic E-state index is 0.245. The van der Waals surface area contributed by atoms with Gasteiger partial charge in [0.25, 0.3) is 5.91 Å². The van der Waals surface area contributed by atoms with Crippen LogP contribution in [0.1, 0.15) is 85.6 Å². The molecule has 0 spiro atoms. The van der Waals surface area contributed by atoms with Gasteiger partial charge in [-0.3, -0.25) is 4.79 Å². The first-order chi connectivity index (χ1) is 20.4. The summed E-state index contributed by atoms with van der Waals surface area (Å²) in [6, 6.07) is 20.6. The van der Waals surface area contributed by atoms with Crippen LogP contribution in [0, 0.1) is 5.82 Å². The summed E-state index contributed by atoms with van der Waals surface area (Å²) in [7, 11) is 0. The standard InChI is InChI=1S/C35H45FN2O4/c1-4-7-8-9-10-13-24-41-33-18-12-11-17-32(33)34(39)37-31-21-19-29(20-22-31)35(40)42-25-23-38(5-2,6-3)27-28-15-14-16-30(36)26-28/h11-12,14-22,26H,4-10,13,23-25,27H2,1-3H3/p+1. The second kappa shape index (κ2) is 17.3. The van der Waals surface area contributed by atoms with E-state index in [4.69, 9.17) is 9.47 Å². The van der Waals surface area contributed by atoms with Gasteiger partial charge >= 0.3 is 5.97 Å². The van der Waals surface area contributed by atoms with E-state index in [-0.39, 0.29) is 18.3 Å². The molecule has 3 rings (SSSR count). The topological polar surface area (TPSA) is 64.6 Å². The predicted octanol–water partition coefficient (Wildman–Crippen LogP) is 8.03. The third-order valence-corrected chi connectivity index (χ3v) is 7.81. The number of esters is 1. The summed E-state index contributed by atoms with van der Waals surface area (Å²) >= 11 is 0. The molecule has 0 aliphatic rings. The molecule has 1 amide bonds. The Balaban J connectivity index is 1.50. The summed E-state index contributed by atoms with van der Waals surface area (Å²) in [5.74, 6) is -0.368. The number of para-hydroxylation sites is 1. The molecule has 226 valence electrons. The highest BCUT2D eigenvalue weighted by Gasteiger charge is 2.25. The van der Waals surface area contributed by atoms with Crippen molar-refractivity contribution in [3.63, 3.8) is 0 Å². The molecule has 0 fully saturated rings. The number of rotatable bonds is 18. The van der Waals surface area contributed by atoms with Gasteiger partial charge in [-0.25, -0.2) is 9.18 Å². The van der Waals surface area contributed by atoms with Crippen molar-refractivity contribution in [2.45, 2.75) is 65.8 Å². The molecule has 0 saturated heterocycles. The maximum atomic E-state index is 13.7. The molecule has 0 heterocycles. The molecular weight excluding hydrogens is 531 g/mol. The Bertz CT molecular complexity index is 1260. The molecule has 42 heavy (non-hydrogen) atoms. The summed E-state index contributed by atoms with van der Waals surface area (Å²) in [5, 5.41) is 2.89. The van der Waals surface area contributed by atoms with E-state index in [0.29, 0.717) is 46.7 Å². The number of unbranched alkanes of at least 4 members (excludes halogenated alkanes) is 5. The quantitative estimate of drug-likeness (QED) is 0.0944. The van der Waals surface area contributed by atoms with Crippen LogP contribution in [-0.2, 0) is 11.3 Å². The molecule has 6 nitrogen and oxygen atoms in total. The first-order valence-corrected chi connectivity index (χ1v) is 15.3. The number of ether oxygens (including phenoxy) is 2. The van der Waals surface area contributed by atoms with Crippen LogP contribution in [0.3, 0.4) is 0 Å². The Morgan fingerprint density at radius 2 is 1.52 bits per heavy atom. The maximum Gasteiger partial charge on any atom is 0.338 e. The average Bonchev–Trinajstić information content (AvgIpc) is 3.00. The van der Waals surface area contributed by atoms with E-state index >= 15 is 0 Å². The average molecular weight is 578 g/mol. The number of amides is 1. The smallest absolute Gasteiger partial charge is 0.338 e. The van der Waals surface area contributed by atoms with Crippen molar-refractivity contribution in [1.29, 1.82) is 0 Å². The molecule has 3 aromatic rings. The first-order valence-electron chi connectivity index (χ1n) is 15.3. The van der Waals surface area contributed by atoms with Gasteiger partial charge in [0.2, 0.25) is 0 Å². The Morgan fingerprint density at radius 1 is 0.810 bits per heavy atom. The van der Waals surface area contributed by atoms with E-state index in [2.05, 4.69) is 26.1 Å². The lowest BCUT2D eigenvalue weighted by Gasteiger charge is -2.36. The van der Waals surface area contributed by atoms with Gasteiger partial charge in [0.15, 0.2) is 0 Å². The molecule has 0 atom stereocenters. The molecule has 0 radical (unpaired) electrons. The van der Waals surface area contributed by atoms with Crippen molar-refractivity contribution < 1.29 is 27.9 Å². The number of halogens is 1. The van der Waals surface area contributed by atoms with Crippen LogP contribution in [0.5, 0.6) is 5.75 Å². The maximum absolute atomic E-state index is 13.7. The van der Waals surface area contributed by atoms with Crippen LogP contribution in [-0.4, -0.2) is 49.2 Å². The van der Waals surface area contributed by atoms with Gasteiger partial charge in [-0.2, -0.15) is 0 Å². The van der Waals surface area contributed by atoms with Gasteiger partial charge in [0, 0.05) is 11.3 Å². The summed E-state index contributed by atoms with van der Waals surface area (Å²) in [4.78, 5) is 25.7. The van der Waals surface area contributed by atoms with Crippen molar-refractivity contribution in [2.24, 2.45) is 0 Å². The third-order valence-electron chi connectivity index (χ3n) is 7.81. The highest BCUT2D eigenvalue weighted by Crippen LogP contribution is 2.21. The normalized spacial score (nSPS) is 11.2. The van der Waals surface area contributed by atoms with Crippen LogP contribution >= 0.6 is 0 Å². The molecule has 0 saturated carbocycles. The number of anilines is 1. The van der Waals surface area contributed by atoms with Gasteiger partial charge in [0.1, 0.15) is 31.3 Å². The van der Waals surface area contributed by atoms with E-state index < -0.39 is 5.97 Å². The molecule has 0 aliphatic heterocycles. The second-order valence-electron chi connectivity index (χ2n) is 10.8. The minimum atomic E-state index is -0.419. The van der Waals surface area contributed by atoms with Crippen molar-refractivity contribution in [3.8, 4) is 5.75 Å². The molecule has 7 heteroatoms. The van der Waals surface area contributed by atoms with Crippen molar-refractivity contribution in [1.82, 2.24) is 0 Å². The molecule has 0 aromatic heterocycles.